The molecule has 1 aliphatic heterocycles. The summed E-state index contributed by atoms with van der Waals surface area (Å²) < 4.78 is 5.55. The molecule has 29 heavy (non-hydrogen) atoms. The monoisotopic (exact) mass is 401 g/mol. The second-order valence-corrected chi connectivity index (χ2v) is 7.85. The SMILES string of the molecule is CN=C(NCCc1ccc(OCC(=O)NC2CC2)cc1)NCCN1CCCCC1. The van der Waals surface area contributed by atoms with Crippen LogP contribution in [0.5, 0.6) is 5.75 Å². The molecule has 2 fully saturated rings. The van der Waals surface area contributed by atoms with E-state index in [9.17, 15) is 4.79 Å². The van der Waals surface area contributed by atoms with Crippen LogP contribution < -0.4 is 20.7 Å². The van der Waals surface area contributed by atoms with Crippen LogP contribution in [0.15, 0.2) is 29.3 Å². The van der Waals surface area contributed by atoms with Gasteiger partial charge in [0, 0.05) is 32.7 Å². The van der Waals surface area contributed by atoms with Crippen molar-refractivity contribution >= 4 is 11.9 Å². The van der Waals surface area contributed by atoms with Crippen molar-refractivity contribution in [2.75, 3.05) is 46.4 Å². The van der Waals surface area contributed by atoms with Crippen LogP contribution in [0, 0.1) is 0 Å². The molecule has 0 aromatic heterocycles. The van der Waals surface area contributed by atoms with Gasteiger partial charge in [-0.2, -0.15) is 0 Å². The Hall–Kier alpha value is -2.28. The van der Waals surface area contributed by atoms with Crippen molar-refractivity contribution in [3.05, 3.63) is 29.8 Å². The molecule has 0 radical (unpaired) electrons. The number of nitrogens with zero attached hydrogens (tertiary/aromatic N) is 2. The number of carbonyl (C=O) groups is 1. The van der Waals surface area contributed by atoms with E-state index in [0.717, 1.165) is 50.6 Å². The van der Waals surface area contributed by atoms with Gasteiger partial charge >= 0.3 is 0 Å². The fourth-order valence-corrected chi connectivity index (χ4v) is 3.46. The summed E-state index contributed by atoms with van der Waals surface area (Å²) in [5.41, 5.74) is 1.22. The zero-order valence-corrected chi connectivity index (χ0v) is 17.6. The molecule has 0 bridgehead atoms. The maximum absolute atomic E-state index is 11.7. The standard InChI is InChI=1S/C22H35N5O2/c1-23-22(25-13-16-27-14-3-2-4-15-27)24-12-11-18-5-9-20(10-6-18)29-17-21(28)26-19-7-8-19/h5-6,9-10,19H,2-4,7-8,11-17H2,1H3,(H,26,28)(H2,23,24,25). The van der Waals surface area contributed by atoms with Gasteiger partial charge in [-0.15, -0.1) is 0 Å². The highest BCUT2D eigenvalue weighted by atomic mass is 16.5. The molecule has 0 spiro atoms. The summed E-state index contributed by atoms with van der Waals surface area (Å²) in [4.78, 5) is 18.5. The van der Waals surface area contributed by atoms with Crippen LogP contribution >= 0.6 is 0 Å². The van der Waals surface area contributed by atoms with Crippen LogP contribution in [0.1, 0.15) is 37.7 Å². The first-order valence-electron chi connectivity index (χ1n) is 10.9. The van der Waals surface area contributed by atoms with Crippen molar-refractivity contribution in [1.29, 1.82) is 0 Å². The number of benzene rings is 1. The van der Waals surface area contributed by atoms with E-state index in [-0.39, 0.29) is 12.5 Å². The van der Waals surface area contributed by atoms with E-state index in [4.69, 9.17) is 4.74 Å². The van der Waals surface area contributed by atoms with E-state index in [1.54, 1.807) is 0 Å². The highest BCUT2D eigenvalue weighted by molar-refractivity contribution is 5.79. The first-order chi connectivity index (χ1) is 14.2. The summed E-state index contributed by atoms with van der Waals surface area (Å²) in [7, 11) is 1.81. The van der Waals surface area contributed by atoms with Crippen LogP contribution in [0.25, 0.3) is 0 Å². The molecule has 1 saturated carbocycles. The second-order valence-electron chi connectivity index (χ2n) is 7.85. The van der Waals surface area contributed by atoms with Gasteiger partial charge in [0.15, 0.2) is 12.6 Å². The lowest BCUT2D eigenvalue weighted by atomic mass is 10.1. The third-order valence-electron chi connectivity index (χ3n) is 5.33. The number of likely N-dealkylation sites (tertiary alicyclic amines) is 1. The zero-order chi connectivity index (χ0) is 20.3. The average molecular weight is 402 g/mol. The molecule has 3 N–H and O–H groups in total. The van der Waals surface area contributed by atoms with Crippen LogP contribution in [0.2, 0.25) is 0 Å². The largest absolute Gasteiger partial charge is 0.484 e. The number of amides is 1. The number of carbonyl (C=O) groups excluding carboxylic acids is 1. The van der Waals surface area contributed by atoms with Gasteiger partial charge in [-0.1, -0.05) is 18.6 Å². The molecule has 7 heteroatoms. The number of ether oxygens (including phenoxy) is 1. The third-order valence-corrected chi connectivity index (χ3v) is 5.33. The lowest BCUT2D eigenvalue weighted by Crippen LogP contribution is -2.43. The Morgan fingerprint density at radius 2 is 1.83 bits per heavy atom. The Morgan fingerprint density at radius 3 is 2.52 bits per heavy atom. The minimum Gasteiger partial charge on any atom is -0.484 e. The number of piperidine rings is 1. The van der Waals surface area contributed by atoms with Crippen LogP contribution in [-0.4, -0.2) is 69.2 Å². The topological polar surface area (TPSA) is 78.0 Å². The van der Waals surface area contributed by atoms with Crippen molar-refractivity contribution in [1.82, 2.24) is 20.9 Å². The van der Waals surface area contributed by atoms with E-state index >= 15 is 0 Å². The van der Waals surface area contributed by atoms with Gasteiger partial charge in [0.25, 0.3) is 5.91 Å². The molecule has 1 aliphatic carbocycles. The number of aliphatic imine (C=N–C) groups is 1. The maximum Gasteiger partial charge on any atom is 0.258 e. The summed E-state index contributed by atoms with van der Waals surface area (Å²) in [6.45, 7) is 5.32. The number of nitrogens with one attached hydrogen (secondary N) is 3. The van der Waals surface area contributed by atoms with E-state index in [2.05, 4.69) is 25.8 Å². The second kappa shape index (κ2) is 11.7. The van der Waals surface area contributed by atoms with Crippen molar-refractivity contribution in [2.45, 2.75) is 44.6 Å². The lowest BCUT2D eigenvalue weighted by Gasteiger charge is -2.26. The number of guanidine groups is 1. The van der Waals surface area contributed by atoms with E-state index < -0.39 is 0 Å². The Labute approximate surface area is 174 Å². The molecule has 7 nitrogen and oxygen atoms in total. The summed E-state index contributed by atoms with van der Waals surface area (Å²) in [6.07, 6.45) is 7.10. The predicted molar refractivity (Wildman–Crippen MR) is 116 cm³/mol. The lowest BCUT2D eigenvalue weighted by molar-refractivity contribution is -0.123. The van der Waals surface area contributed by atoms with Gasteiger partial charge in [-0.05, 0) is 62.9 Å². The van der Waals surface area contributed by atoms with Crippen LogP contribution in [0.3, 0.4) is 0 Å². The molecule has 1 saturated heterocycles. The maximum atomic E-state index is 11.7. The third kappa shape index (κ3) is 8.31. The summed E-state index contributed by atoms with van der Waals surface area (Å²) in [5, 5.41) is 9.69. The van der Waals surface area contributed by atoms with Crippen molar-refractivity contribution in [2.24, 2.45) is 4.99 Å². The molecule has 1 amide bonds. The van der Waals surface area contributed by atoms with Crippen LogP contribution in [-0.2, 0) is 11.2 Å². The smallest absolute Gasteiger partial charge is 0.258 e. The molecule has 1 aromatic rings. The molecule has 3 rings (SSSR count). The quantitative estimate of drug-likeness (QED) is 0.409. The summed E-state index contributed by atoms with van der Waals surface area (Å²) in [6, 6.07) is 8.30. The number of hydrogen-bond acceptors (Lipinski definition) is 4. The fraction of sp³-hybridized carbons (Fsp3) is 0.636. The van der Waals surface area contributed by atoms with Crippen molar-refractivity contribution < 1.29 is 9.53 Å². The fourth-order valence-electron chi connectivity index (χ4n) is 3.46. The first kappa shape index (κ1) is 21.4. The molecular weight excluding hydrogens is 366 g/mol. The van der Waals surface area contributed by atoms with Gasteiger partial charge < -0.3 is 25.6 Å². The Kier molecular flexibility index (Phi) is 8.61. The Balaban J connectivity index is 1.28. The highest BCUT2D eigenvalue weighted by Crippen LogP contribution is 2.18. The minimum absolute atomic E-state index is 0.0417. The normalized spacial score (nSPS) is 17.6. The molecule has 0 unspecified atom stereocenters. The van der Waals surface area contributed by atoms with Crippen molar-refractivity contribution in [3.63, 3.8) is 0 Å². The van der Waals surface area contributed by atoms with Gasteiger partial charge in [-0.3, -0.25) is 9.79 Å². The molecular formula is C22H35N5O2. The van der Waals surface area contributed by atoms with Gasteiger partial charge in [-0.25, -0.2) is 0 Å². The highest BCUT2D eigenvalue weighted by Gasteiger charge is 2.23. The molecule has 1 heterocycles. The molecule has 2 aliphatic rings. The minimum atomic E-state index is -0.0417. The Morgan fingerprint density at radius 1 is 1.10 bits per heavy atom. The van der Waals surface area contributed by atoms with Crippen LogP contribution in [0.4, 0.5) is 0 Å². The first-order valence-corrected chi connectivity index (χ1v) is 10.9. The van der Waals surface area contributed by atoms with Gasteiger partial charge in [0.1, 0.15) is 5.75 Å². The van der Waals surface area contributed by atoms with E-state index in [1.807, 2.05) is 31.3 Å². The summed E-state index contributed by atoms with van der Waals surface area (Å²) >= 11 is 0. The van der Waals surface area contributed by atoms with Gasteiger partial charge in [0.2, 0.25) is 0 Å². The molecule has 0 atom stereocenters. The molecule has 1 aromatic carbocycles. The van der Waals surface area contributed by atoms with Gasteiger partial charge in [0.05, 0.1) is 0 Å². The average Bonchev–Trinajstić information content (AvgIpc) is 3.57. The number of hydrogen-bond donors (Lipinski definition) is 3. The zero-order valence-electron chi connectivity index (χ0n) is 17.6. The van der Waals surface area contributed by atoms with E-state index in [1.165, 1.54) is 37.9 Å². The Bertz CT molecular complexity index is 652. The molecule has 160 valence electrons. The number of rotatable bonds is 10. The van der Waals surface area contributed by atoms with Crippen molar-refractivity contribution in [3.8, 4) is 5.75 Å². The van der Waals surface area contributed by atoms with E-state index in [0.29, 0.717) is 6.04 Å². The summed E-state index contributed by atoms with van der Waals surface area (Å²) in [5.74, 6) is 1.53. The predicted octanol–water partition coefficient (Wildman–Crippen LogP) is 1.54.